The maximum atomic E-state index is 13.5. The standard InChI is InChI=1S/C29H34N6O7S/c1-33(2)43(38,39)35-18-21(22-9-6-7-10-24(22)35)15-23(29(37)31-11-8-13-34-14-12-30-19-34)32-28(36)20-16-25(40-3)27(42-5)26(17-20)41-4/h6-7,9-10,12,14-19H,8,11,13H2,1-5H3,(H,31,37)(H,32,36). The highest BCUT2D eigenvalue weighted by molar-refractivity contribution is 7.87. The molecule has 2 heterocycles. The third-order valence-electron chi connectivity index (χ3n) is 6.58. The van der Waals surface area contributed by atoms with E-state index in [1.54, 1.807) is 36.8 Å². The molecule has 2 aromatic heterocycles. The number of para-hydroxylation sites is 1. The van der Waals surface area contributed by atoms with Crippen LogP contribution in [0, 0.1) is 0 Å². The lowest BCUT2D eigenvalue weighted by atomic mass is 10.1. The van der Waals surface area contributed by atoms with Crippen molar-refractivity contribution in [2.75, 3.05) is 42.0 Å². The topological polar surface area (TPSA) is 146 Å². The third-order valence-corrected chi connectivity index (χ3v) is 8.30. The van der Waals surface area contributed by atoms with Crippen LogP contribution in [0.5, 0.6) is 17.2 Å². The number of imidazole rings is 1. The highest BCUT2D eigenvalue weighted by Gasteiger charge is 2.23. The van der Waals surface area contributed by atoms with Gasteiger partial charge in [-0.2, -0.15) is 12.7 Å². The van der Waals surface area contributed by atoms with E-state index >= 15 is 0 Å². The predicted octanol–water partition coefficient (Wildman–Crippen LogP) is 2.50. The SMILES string of the molecule is COc1cc(C(=O)NC(=Cc2cn(S(=O)(=O)N(C)C)c3ccccc23)C(=O)NCCCn2ccnc2)cc(OC)c1OC. The summed E-state index contributed by atoms with van der Waals surface area (Å²) < 4.78 is 46.3. The minimum absolute atomic E-state index is 0.0912. The summed E-state index contributed by atoms with van der Waals surface area (Å²) >= 11 is 0. The first-order valence-corrected chi connectivity index (χ1v) is 14.6. The van der Waals surface area contributed by atoms with Gasteiger partial charge in [0.1, 0.15) is 5.70 Å². The third kappa shape index (κ3) is 6.81. The van der Waals surface area contributed by atoms with Crippen LogP contribution in [0.2, 0.25) is 0 Å². The van der Waals surface area contributed by atoms with Gasteiger partial charge in [-0.15, -0.1) is 0 Å². The monoisotopic (exact) mass is 610 g/mol. The number of carbonyl (C=O) groups excluding carboxylic acids is 2. The largest absolute Gasteiger partial charge is 0.493 e. The van der Waals surface area contributed by atoms with Crippen LogP contribution in [0.1, 0.15) is 22.3 Å². The molecular weight excluding hydrogens is 576 g/mol. The molecule has 0 aliphatic heterocycles. The fourth-order valence-corrected chi connectivity index (χ4v) is 5.36. The minimum atomic E-state index is -3.88. The van der Waals surface area contributed by atoms with Crippen molar-refractivity contribution in [3.05, 3.63) is 78.1 Å². The van der Waals surface area contributed by atoms with Crippen molar-refractivity contribution in [2.24, 2.45) is 0 Å². The zero-order valence-electron chi connectivity index (χ0n) is 24.5. The van der Waals surface area contributed by atoms with E-state index in [0.29, 0.717) is 41.7 Å². The molecule has 2 amide bonds. The van der Waals surface area contributed by atoms with E-state index in [4.69, 9.17) is 14.2 Å². The summed E-state index contributed by atoms with van der Waals surface area (Å²) in [5.74, 6) is -0.345. The molecule has 0 radical (unpaired) electrons. The lowest BCUT2D eigenvalue weighted by Crippen LogP contribution is -2.35. The molecule has 2 aromatic carbocycles. The first-order valence-electron chi connectivity index (χ1n) is 13.2. The number of hydrogen-bond acceptors (Lipinski definition) is 8. The highest BCUT2D eigenvalue weighted by Crippen LogP contribution is 2.38. The van der Waals surface area contributed by atoms with Gasteiger partial charge in [0.05, 0.1) is 33.2 Å². The number of nitrogens with zero attached hydrogens (tertiary/aromatic N) is 4. The second kappa shape index (κ2) is 13.4. The Hall–Kier alpha value is -4.82. The fraction of sp³-hybridized carbons (Fsp3) is 0.276. The van der Waals surface area contributed by atoms with Crippen LogP contribution in [0.25, 0.3) is 17.0 Å². The van der Waals surface area contributed by atoms with Crippen LogP contribution in [0.3, 0.4) is 0 Å². The Morgan fingerprint density at radius 1 is 1.05 bits per heavy atom. The lowest BCUT2D eigenvalue weighted by molar-refractivity contribution is -0.117. The van der Waals surface area contributed by atoms with Crippen LogP contribution in [0.15, 0.2) is 67.0 Å². The number of carbonyl (C=O) groups is 2. The molecule has 0 aliphatic rings. The molecule has 4 rings (SSSR count). The van der Waals surface area contributed by atoms with Crippen molar-refractivity contribution in [3.8, 4) is 17.2 Å². The summed E-state index contributed by atoms with van der Waals surface area (Å²) in [4.78, 5) is 30.9. The van der Waals surface area contributed by atoms with Gasteiger partial charge in [0.15, 0.2) is 11.5 Å². The molecule has 13 nitrogen and oxygen atoms in total. The van der Waals surface area contributed by atoms with Gasteiger partial charge >= 0.3 is 10.2 Å². The van der Waals surface area contributed by atoms with Crippen molar-refractivity contribution in [1.82, 2.24) is 28.5 Å². The number of amides is 2. The number of nitrogens with one attached hydrogen (secondary N) is 2. The molecule has 0 spiro atoms. The zero-order chi connectivity index (χ0) is 31.1. The Morgan fingerprint density at radius 3 is 2.35 bits per heavy atom. The molecule has 0 unspecified atom stereocenters. The Kier molecular flexibility index (Phi) is 9.73. The average Bonchev–Trinajstić information content (AvgIpc) is 3.66. The second-order valence-corrected chi connectivity index (χ2v) is 11.5. The summed E-state index contributed by atoms with van der Waals surface area (Å²) in [7, 11) is 3.29. The molecule has 2 N–H and O–H groups in total. The molecule has 0 bridgehead atoms. The van der Waals surface area contributed by atoms with Crippen molar-refractivity contribution in [3.63, 3.8) is 0 Å². The lowest BCUT2D eigenvalue weighted by Gasteiger charge is -2.15. The van der Waals surface area contributed by atoms with Crippen molar-refractivity contribution >= 4 is 39.0 Å². The Balaban J connectivity index is 1.72. The summed E-state index contributed by atoms with van der Waals surface area (Å²) in [5, 5.41) is 6.09. The van der Waals surface area contributed by atoms with E-state index in [2.05, 4.69) is 15.6 Å². The normalized spacial score (nSPS) is 11.9. The molecular formula is C29H34N6O7S. The van der Waals surface area contributed by atoms with Gasteiger partial charge in [0.25, 0.3) is 11.8 Å². The minimum Gasteiger partial charge on any atom is -0.493 e. The maximum absolute atomic E-state index is 13.5. The summed E-state index contributed by atoms with van der Waals surface area (Å²) in [5.41, 5.74) is 0.880. The highest BCUT2D eigenvalue weighted by atomic mass is 32.2. The first kappa shape index (κ1) is 31.1. The smallest absolute Gasteiger partial charge is 0.307 e. The average molecular weight is 611 g/mol. The Morgan fingerprint density at radius 2 is 1.74 bits per heavy atom. The number of rotatable bonds is 13. The van der Waals surface area contributed by atoms with Gasteiger partial charge in [-0.3, -0.25) is 9.59 Å². The van der Waals surface area contributed by atoms with Gasteiger partial charge < -0.3 is 29.4 Å². The quantitative estimate of drug-likeness (QED) is 0.174. The van der Waals surface area contributed by atoms with E-state index in [1.807, 2.05) is 10.8 Å². The van der Waals surface area contributed by atoms with Gasteiger partial charge in [-0.1, -0.05) is 18.2 Å². The molecule has 43 heavy (non-hydrogen) atoms. The maximum Gasteiger partial charge on any atom is 0.307 e. The second-order valence-electron chi connectivity index (χ2n) is 9.52. The van der Waals surface area contributed by atoms with Gasteiger partial charge in [-0.05, 0) is 30.7 Å². The number of benzene rings is 2. The van der Waals surface area contributed by atoms with Gasteiger partial charge in [0.2, 0.25) is 5.75 Å². The molecule has 0 atom stereocenters. The van der Waals surface area contributed by atoms with Crippen LogP contribution in [-0.4, -0.2) is 80.0 Å². The van der Waals surface area contributed by atoms with E-state index in [9.17, 15) is 18.0 Å². The Labute approximate surface area is 249 Å². The van der Waals surface area contributed by atoms with E-state index in [0.717, 1.165) is 8.28 Å². The van der Waals surface area contributed by atoms with Gasteiger partial charge in [0, 0.05) is 62.3 Å². The first-order chi connectivity index (χ1) is 20.6. The number of methoxy groups -OCH3 is 3. The molecule has 0 aliphatic carbocycles. The number of aromatic nitrogens is 3. The molecule has 14 heteroatoms. The van der Waals surface area contributed by atoms with E-state index in [1.165, 1.54) is 59.8 Å². The number of hydrogen-bond donors (Lipinski definition) is 2. The summed E-state index contributed by atoms with van der Waals surface area (Å²) in [6.45, 7) is 0.943. The van der Waals surface area contributed by atoms with Crippen LogP contribution < -0.4 is 24.8 Å². The molecule has 0 fully saturated rings. The van der Waals surface area contributed by atoms with E-state index in [-0.39, 0.29) is 22.8 Å². The van der Waals surface area contributed by atoms with Gasteiger partial charge in [-0.25, -0.2) is 8.96 Å². The van der Waals surface area contributed by atoms with Crippen LogP contribution in [-0.2, 0) is 21.5 Å². The van der Waals surface area contributed by atoms with Crippen LogP contribution >= 0.6 is 0 Å². The fourth-order valence-electron chi connectivity index (χ4n) is 4.36. The number of aryl methyl sites for hydroxylation is 1. The zero-order valence-corrected chi connectivity index (χ0v) is 25.3. The van der Waals surface area contributed by atoms with Crippen molar-refractivity contribution in [2.45, 2.75) is 13.0 Å². The predicted molar refractivity (Wildman–Crippen MR) is 161 cm³/mol. The number of ether oxygens (including phenoxy) is 3. The molecule has 228 valence electrons. The number of fused-ring (bicyclic) bond motifs is 1. The van der Waals surface area contributed by atoms with Crippen LogP contribution in [0.4, 0.5) is 0 Å². The van der Waals surface area contributed by atoms with Crippen molar-refractivity contribution < 1.29 is 32.2 Å². The molecule has 0 saturated heterocycles. The van der Waals surface area contributed by atoms with Crippen molar-refractivity contribution in [1.29, 1.82) is 0 Å². The molecule has 0 saturated carbocycles. The Bertz CT molecular complexity index is 1720. The van der Waals surface area contributed by atoms with E-state index < -0.39 is 22.0 Å². The summed E-state index contributed by atoms with van der Waals surface area (Å²) in [6, 6.07) is 9.82. The molecule has 4 aromatic rings. The summed E-state index contributed by atoms with van der Waals surface area (Å²) in [6.07, 6.45) is 8.65.